The van der Waals surface area contributed by atoms with Gasteiger partial charge in [-0.15, -0.1) is 0 Å². The minimum atomic E-state index is -0.140. The molecule has 16 heavy (non-hydrogen) atoms. The average Bonchev–Trinajstić information content (AvgIpc) is 2.29. The summed E-state index contributed by atoms with van der Waals surface area (Å²) in [7, 11) is 1.58. The first kappa shape index (κ1) is 12.2. The predicted octanol–water partition coefficient (Wildman–Crippen LogP) is 1.24. The molecule has 0 spiro atoms. The number of rotatable bonds is 4. The molecule has 0 aliphatic carbocycles. The van der Waals surface area contributed by atoms with Gasteiger partial charge in [-0.1, -0.05) is 0 Å². The number of ether oxygens (including phenoxy) is 1. The maximum atomic E-state index is 11.7. The SMILES string of the molecule is COCCNC(=O)c1ccc(C#N)cc1C. The highest BCUT2D eigenvalue weighted by atomic mass is 16.5. The molecule has 0 bridgehead atoms. The minimum absolute atomic E-state index is 0.140. The van der Waals surface area contributed by atoms with E-state index < -0.39 is 0 Å². The summed E-state index contributed by atoms with van der Waals surface area (Å²) in [4.78, 5) is 11.7. The standard InChI is InChI=1S/C12H14N2O2/c1-9-7-10(8-13)3-4-11(9)12(15)14-5-6-16-2/h3-4,7H,5-6H2,1-2H3,(H,14,15). The van der Waals surface area contributed by atoms with Gasteiger partial charge >= 0.3 is 0 Å². The third-order valence-corrected chi connectivity index (χ3v) is 2.19. The summed E-state index contributed by atoms with van der Waals surface area (Å²) in [5.41, 5.74) is 1.95. The molecule has 0 saturated heterocycles. The molecule has 0 heterocycles. The fraction of sp³-hybridized carbons (Fsp3) is 0.333. The van der Waals surface area contributed by atoms with Crippen molar-refractivity contribution in [1.82, 2.24) is 5.32 Å². The maximum Gasteiger partial charge on any atom is 0.251 e. The van der Waals surface area contributed by atoms with E-state index in [-0.39, 0.29) is 5.91 Å². The Morgan fingerprint density at radius 3 is 2.88 bits per heavy atom. The van der Waals surface area contributed by atoms with Gasteiger partial charge in [0.25, 0.3) is 5.91 Å². The summed E-state index contributed by atoms with van der Waals surface area (Å²) in [5.74, 6) is -0.140. The lowest BCUT2D eigenvalue weighted by Crippen LogP contribution is -2.27. The van der Waals surface area contributed by atoms with Gasteiger partial charge in [-0.05, 0) is 30.7 Å². The van der Waals surface area contributed by atoms with Crippen molar-refractivity contribution in [2.75, 3.05) is 20.3 Å². The van der Waals surface area contributed by atoms with Gasteiger partial charge in [0.15, 0.2) is 0 Å². The lowest BCUT2D eigenvalue weighted by molar-refractivity contribution is 0.0936. The molecule has 4 nitrogen and oxygen atoms in total. The van der Waals surface area contributed by atoms with Crippen LogP contribution in [0.15, 0.2) is 18.2 Å². The fourth-order valence-electron chi connectivity index (χ4n) is 1.35. The summed E-state index contributed by atoms with van der Waals surface area (Å²) >= 11 is 0. The molecule has 0 saturated carbocycles. The quantitative estimate of drug-likeness (QED) is 0.773. The van der Waals surface area contributed by atoms with Crippen LogP contribution in [0.1, 0.15) is 21.5 Å². The van der Waals surface area contributed by atoms with Crippen molar-refractivity contribution in [3.05, 3.63) is 34.9 Å². The predicted molar refractivity (Wildman–Crippen MR) is 60.1 cm³/mol. The van der Waals surface area contributed by atoms with Crippen LogP contribution in [-0.2, 0) is 4.74 Å². The van der Waals surface area contributed by atoms with Crippen LogP contribution in [0.4, 0.5) is 0 Å². The highest BCUT2D eigenvalue weighted by Crippen LogP contribution is 2.10. The zero-order valence-electron chi connectivity index (χ0n) is 9.41. The van der Waals surface area contributed by atoms with Gasteiger partial charge < -0.3 is 10.1 Å². The number of benzene rings is 1. The molecular weight excluding hydrogens is 204 g/mol. The summed E-state index contributed by atoms with van der Waals surface area (Å²) in [6.45, 7) is 2.78. The van der Waals surface area contributed by atoms with Crippen LogP contribution in [0.5, 0.6) is 0 Å². The Bertz CT molecular complexity index is 422. The normalized spacial score (nSPS) is 9.56. The first-order valence-corrected chi connectivity index (χ1v) is 4.97. The maximum absolute atomic E-state index is 11.7. The van der Waals surface area contributed by atoms with Gasteiger partial charge in [-0.2, -0.15) is 5.26 Å². The number of amides is 1. The van der Waals surface area contributed by atoms with Crippen LogP contribution in [0, 0.1) is 18.3 Å². The smallest absolute Gasteiger partial charge is 0.251 e. The van der Waals surface area contributed by atoms with E-state index in [0.29, 0.717) is 24.3 Å². The summed E-state index contributed by atoms with van der Waals surface area (Å²) < 4.78 is 4.84. The van der Waals surface area contributed by atoms with E-state index in [1.54, 1.807) is 25.3 Å². The van der Waals surface area contributed by atoms with Crippen molar-refractivity contribution in [2.24, 2.45) is 0 Å². The Morgan fingerprint density at radius 2 is 2.31 bits per heavy atom. The number of nitrogens with zero attached hydrogens (tertiary/aromatic N) is 1. The average molecular weight is 218 g/mol. The fourth-order valence-corrected chi connectivity index (χ4v) is 1.35. The van der Waals surface area contributed by atoms with Crippen LogP contribution in [0.25, 0.3) is 0 Å². The number of aryl methyl sites for hydroxylation is 1. The highest BCUT2D eigenvalue weighted by molar-refractivity contribution is 5.95. The first-order chi connectivity index (χ1) is 7.69. The molecule has 0 aliphatic rings. The van der Waals surface area contributed by atoms with Crippen LogP contribution in [-0.4, -0.2) is 26.2 Å². The van der Waals surface area contributed by atoms with E-state index >= 15 is 0 Å². The lowest BCUT2D eigenvalue weighted by atomic mass is 10.1. The van der Waals surface area contributed by atoms with Gasteiger partial charge in [0.2, 0.25) is 0 Å². The third-order valence-electron chi connectivity index (χ3n) is 2.19. The largest absolute Gasteiger partial charge is 0.383 e. The molecule has 0 aromatic heterocycles. The summed E-state index contributed by atoms with van der Waals surface area (Å²) in [6, 6.07) is 7.03. The molecule has 0 radical (unpaired) electrons. The van der Waals surface area contributed by atoms with Crippen LogP contribution < -0.4 is 5.32 Å². The summed E-state index contributed by atoms with van der Waals surface area (Å²) in [6.07, 6.45) is 0. The second-order valence-electron chi connectivity index (χ2n) is 3.39. The van der Waals surface area contributed by atoms with E-state index in [1.165, 1.54) is 0 Å². The topological polar surface area (TPSA) is 62.1 Å². The van der Waals surface area contributed by atoms with E-state index in [4.69, 9.17) is 10.00 Å². The van der Waals surface area contributed by atoms with Gasteiger partial charge in [0.1, 0.15) is 0 Å². The van der Waals surface area contributed by atoms with Gasteiger partial charge in [0.05, 0.1) is 18.2 Å². The molecule has 1 aromatic rings. The van der Waals surface area contributed by atoms with E-state index in [0.717, 1.165) is 5.56 Å². The second kappa shape index (κ2) is 5.89. The molecule has 0 aliphatic heterocycles. The molecule has 1 N–H and O–H groups in total. The van der Waals surface area contributed by atoms with E-state index in [2.05, 4.69) is 5.32 Å². The number of nitrogens with one attached hydrogen (secondary N) is 1. The lowest BCUT2D eigenvalue weighted by Gasteiger charge is -2.07. The van der Waals surface area contributed by atoms with Crippen molar-refractivity contribution < 1.29 is 9.53 Å². The number of nitriles is 1. The van der Waals surface area contributed by atoms with E-state index in [9.17, 15) is 4.79 Å². The Balaban J connectivity index is 2.73. The van der Waals surface area contributed by atoms with Crippen molar-refractivity contribution in [3.63, 3.8) is 0 Å². The van der Waals surface area contributed by atoms with Crippen molar-refractivity contribution in [3.8, 4) is 6.07 Å². The van der Waals surface area contributed by atoms with Crippen LogP contribution in [0.2, 0.25) is 0 Å². The molecule has 84 valence electrons. The molecule has 1 aromatic carbocycles. The number of carbonyl (C=O) groups excluding carboxylic acids is 1. The van der Waals surface area contributed by atoms with Gasteiger partial charge in [-0.3, -0.25) is 4.79 Å². The highest BCUT2D eigenvalue weighted by Gasteiger charge is 2.08. The van der Waals surface area contributed by atoms with Gasteiger partial charge in [-0.25, -0.2) is 0 Å². The zero-order chi connectivity index (χ0) is 12.0. The number of hydrogen-bond donors (Lipinski definition) is 1. The molecular formula is C12H14N2O2. The third kappa shape index (κ3) is 3.07. The molecule has 0 atom stereocenters. The van der Waals surface area contributed by atoms with Gasteiger partial charge in [0, 0.05) is 19.2 Å². The second-order valence-corrected chi connectivity index (χ2v) is 3.39. The zero-order valence-corrected chi connectivity index (χ0v) is 9.41. The Kier molecular flexibility index (Phi) is 4.49. The number of hydrogen-bond acceptors (Lipinski definition) is 3. The molecule has 1 rings (SSSR count). The number of carbonyl (C=O) groups is 1. The van der Waals surface area contributed by atoms with Crippen molar-refractivity contribution in [1.29, 1.82) is 5.26 Å². The first-order valence-electron chi connectivity index (χ1n) is 4.97. The monoisotopic (exact) mass is 218 g/mol. The van der Waals surface area contributed by atoms with Crippen molar-refractivity contribution in [2.45, 2.75) is 6.92 Å². The molecule has 1 amide bonds. The Labute approximate surface area is 94.8 Å². The molecule has 4 heteroatoms. The Hall–Kier alpha value is -1.86. The summed E-state index contributed by atoms with van der Waals surface area (Å²) in [5, 5.41) is 11.4. The van der Waals surface area contributed by atoms with Crippen LogP contribution in [0.3, 0.4) is 0 Å². The molecule has 0 unspecified atom stereocenters. The van der Waals surface area contributed by atoms with Crippen LogP contribution >= 0.6 is 0 Å². The Morgan fingerprint density at radius 1 is 1.56 bits per heavy atom. The molecule has 0 fully saturated rings. The number of methoxy groups -OCH3 is 1. The van der Waals surface area contributed by atoms with E-state index in [1.807, 2.05) is 13.0 Å². The van der Waals surface area contributed by atoms with Crippen molar-refractivity contribution >= 4 is 5.91 Å². The minimum Gasteiger partial charge on any atom is -0.383 e.